The third-order valence-corrected chi connectivity index (χ3v) is 5.85. The highest BCUT2D eigenvalue weighted by atomic mass is 35.5. The number of hydrogen-bond donors (Lipinski definition) is 1. The molecule has 1 atom stereocenters. The van der Waals surface area contributed by atoms with E-state index < -0.39 is 22.0 Å². The highest BCUT2D eigenvalue weighted by Crippen LogP contribution is 2.23. The number of anilines is 1. The standard InChI is InChI=1S/C20H21ClN4O4S/c1-13-4-6-15(7-5-13)19-23-18(29-24-19)12-22-20(26)14(2)25(30(3,27)28)17-10-8-16(21)9-11-17/h4-11,14H,12H2,1-3H3,(H,22,26). The average Bonchev–Trinajstić information content (AvgIpc) is 3.16. The van der Waals surface area contributed by atoms with E-state index in [1.54, 1.807) is 24.3 Å². The molecule has 8 nitrogen and oxygen atoms in total. The molecule has 1 unspecified atom stereocenters. The number of nitrogens with zero attached hydrogens (tertiary/aromatic N) is 3. The van der Waals surface area contributed by atoms with Crippen LogP contribution in [0.1, 0.15) is 18.4 Å². The molecule has 10 heteroatoms. The van der Waals surface area contributed by atoms with Crippen molar-refractivity contribution >= 4 is 33.2 Å². The van der Waals surface area contributed by atoms with Crippen molar-refractivity contribution in [1.29, 1.82) is 0 Å². The molecule has 1 N–H and O–H groups in total. The summed E-state index contributed by atoms with van der Waals surface area (Å²) in [6.45, 7) is 3.45. The molecule has 1 heterocycles. The Bertz CT molecular complexity index is 1130. The van der Waals surface area contributed by atoms with E-state index in [-0.39, 0.29) is 12.4 Å². The fourth-order valence-electron chi connectivity index (χ4n) is 2.85. The summed E-state index contributed by atoms with van der Waals surface area (Å²) in [4.78, 5) is 16.9. The van der Waals surface area contributed by atoms with Gasteiger partial charge in [0.15, 0.2) is 0 Å². The summed E-state index contributed by atoms with van der Waals surface area (Å²) in [6.07, 6.45) is 1.04. The maximum Gasteiger partial charge on any atom is 0.246 e. The summed E-state index contributed by atoms with van der Waals surface area (Å²) in [7, 11) is -3.72. The Morgan fingerprint density at radius 2 is 1.80 bits per heavy atom. The Kier molecular flexibility index (Phi) is 6.42. The van der Waals surface area contributed by atoms with Gasteiger partial charge < -0.3 is 9.84 Å². The second kappa shape index (κ2) is 8.85. The third kappa shape index (κ3) is 5.17. The van der Waals surface area contributed by atoms with Crippen molar-refractivity contribution < 1.29 is 17.7 Å². The first-order valence-corrected chi connectivity index (χ1v) is 11.3. The number of amides is 1. The second-order valence-electron chi connectivity index (χ2n) is 6.81. The molecule has 158 valence electrons. The lowest BCUT2D eigenvalue weighted by molar-refractivity contribution is -0.122. The van der Waals surface area contributed by atoms with Gasteiger partial charge in [0.1, 0.15) is 6.04 Å². The third-order valence-electron chi connectivity index (χ3n) is 4.36. The van der Waals surface area contributed by atoms with Crippen LogP contribution in [0, 0.1) is 6.92 Å². The number of benzene rings is 2. The molecule has 0 fully saturated rings. The SMILES string of the molecule is Cc1ccc(-c2noc(CNC(=O)C(C)N(c3ccc(Cl)cc3)S(C)(=O)=O)n2)cc1. The van der Waals surface area contributed by atoms with E-state index in [4.69, 9.17) is 16.1 Å². The van der Waals surface area contributed by atoms with Gasteiger partial charge in [0.05, 0.1) is 18.5 Å². The molecule has 0 radical (unpaired) electrons. The van der Waals surface area contributed by atoms with E-state index in [1.165, 1.54) is 6.92 Å². The number of halogens is 1. The van der Waals surface area contributed by atoms with Gasteiger partial charge in [-0.1, -0.05) is 46.6 Å². The topological polar surface area (TPSA) is 105 Å². The lowest BCUT2D eigenvalue weighted by Crippen LogP contribution is -2.47. The van der Waals surface area contributed by atoms with Crippen molar-refractivity contribution in [3.05, 3.63) is 65.0 Å². The smallest absolute Gasteiger partial charge is 0.246 e. The predicted octanol–water partition coefficient (Wildman–Crippen LogP) is 3.17. The van der Waals surface area contributed by atoms with E-state index in [1.807, 2.05) is 31.2 Å². The summed E-state index contributed by atoms with van der Waals surface area (Å²) in [5.74, 6) is 0.111. The summed E-state index contributed by atoms with van der Waals surface area (Å²) < 4.78 is 30.8. The molecule has 0 aliphatic heterocycles. The Balaban J connectivity index is 1.70. The van der Waals surface area contributed by atoms with Crippen molar-refractivity contribution in [2.75, 3.05) is 10.6 Å². The zero-order chi connectivity index (χ0) is 21.9. The molecular formula is C20H21ClN4O4S. The molecule has 1 aromatic heterocycles. The van der Waals surface area contributed by atoms with Crippen molar-refractivity contribution in [2.45, 2.75) is 26.4 Å². The largest absolute Gasteiger partial charge is 0.345 e. The monoisotopic (exact) mass is 448 g/mol. The summed E-state index contributed by atoms with van der Waals surface area (Å²) in [6, 6.07) is 12.8. The molecule has 3 rings (SSSR count). The van der Waals surface area contributed by atoms with E-state index in [9.17, 15) is 13.2 Å². The Hall–Kier alpha value is -2.91. The lowest BCUT2D eigenvalue weighted by Gasteiger charge is -2.28. The van der Waals surface area contributed by atoms with Gasteiger partial charge in [-0.2, -0.15) is 4.98 Å². The number of aromatic nitrogens is 2. The Morgan fingerprint density at radius 3 is 2.40 bits per heavy atom. The van der Waals surface area contributed by atoms with Crippen molar-refractivity contribution in [3.63, 3.8) is 0 Å². The van der Waals surface area contributed by atoms with Crippen molar-refractivity contribution in [1.82, 2.24) is 15.5 Å². The van der Waals surface area contributed by atoms with E-state index >= 15 is 0 Å². The van der Waals surface area contributed by atoms with Crippen LogP contribution < -0.4 is 9.62 Å². The summed E-state index contributed by atoms with van der Waals surface area (Å²) >= 11 is 5.87. The normalized spacial score (nSPS) is 12.4. The molecule has 30 heavy (non-hydrogen) atoms. The first kappa shape index (κ1) is 21.8. The zero-order valence-corrected chi connectivity index (χ0v) is 18.2. The molecular weight excluding hydrogens is 428 g/mol. The molecule has 3 aromatic rings. The van der Waals surface area contributed by atoms with Crippen LogP contribution in [0.15, 0.2) is 53.1 Å². The highest BCUT2D eigenvalue weighted by Gasteiger charge is 2.29. The minimum Gasteiger partial charge on any atom is -0.345 e. The minimum absolute atomic E-state index is 0.0275. The molecule has 2 aromatic carbocycles. The van der Waals surface area contributed by atoms with Gasteiger partial charge in [0.25, 0.3) is 0 Å². The molecule has 0 saturated heterocycles. The van der Waals surface area contributed by atoms with Gasteiger partial charge in [-0.25, -0.2) is 8.42 Å². The van der Waals surface area contributed by atoms with Gasteiger partial charge >= 0.3 is 0 Å². The van der Waals surface area contributed by atoms with E-state index in [0.29, 0.717) is 16.5 Å². The number of rotatable bonds is 7. The zero-order valence-electron chi connectivity index (χ0n) is 16.7. The van der Waals surface area contributed by atoms with Gasteiger partial charge in [0.2, 0.25) is 27.6 Å². The van der Waals surface area contributed by atoms with Crippen molar-refractivity contribution in [2.24, 2.45) is 0 Å². The van der Waals surface area contributed by atoms with Gasteiger partial charge in [-0.3, -0.25) is 9.10 Å². The molecule has 1 amide bonds. The first-order chi connectivity index (χ1) is 14.1. The number of aryl methyl sites for hydroxylation is 1. The van der Waals surface area contributed by atoms with E-state index in [0.717, 1.165) is 21.7 Å². The van der Waals surface area contributed by atoms with Gasteiger partial charge in [0, 0.05) is 10.6 Å². The Morgan fingerprint density at radius 1 is 1.17 bits per heavy atom. The van der Waals surface area contributed by atoms with Crippen LogP contribution in [0.3, 0.4) is 0 Å². The second-order valence-corrected chi connectivity index (χ2v) is 9.10. The number of carbonyl (C=O) groups excluding carboxylic acids is 1. The number of hydrogen-bond acceptors (Lipinski definition) is 6. The van der Waals surface area contributed by atoms with Gasteiger partial charge in [-0.05, 0) is 38.1 Å². The quantitative estimate of drug-likeness (QED) is 0.595. The first-order valence-electron chi connectivity index (χ1n) is 9.07. The molecule has 0 bridgehead atoms. The van der Waals surface area contributed by atoms with Crippen LogP contribution in [0.2, 0.25) is 5.02 Å². The molecule has 0 aliphatic rings. The fraction of sp³-hybridized carbons (Fsp3) is 0.250. The molecule has 0 saturated carbocycles. The van der Waals surface area contributed by atoms with Crippen LogP contribution in [0.5, 0.6) is 0 Å². The maximum absolute atomic E-state index is 12.6. The van der Waals surface area contributed by atoms with Crippen LogP contribution in [0.4, 0.5) is 5.69 Å². The number of nitrogens with one attached hydrogen (secondary N) is 1. The van der Waals surface area contributed by atoms with Crippen LogP contribution in [-0.4, -0.2) is 36.8 Å². The van der Waals surface area contributed by atoms with E-state index in [2.05, 4.69) is 15.5 Å². The Labute approximate surface area is 179 Å². The van der Waals surface area contributed by atoms with Crippen LogP contribution >= 0.6 is 11.6 Å². The number of carbonyl (C=O) groups is 1. The van der Waals surface area contributed by atoms with Crippen molar-refractivity contribution in [3.8, 4) is 11.4 Å². The minimum atomic E-state index is -3.72. The van der Waals surface area contributed by atoms with Gasteiger partial charge in [-0.15, -0.1) is 0 Å². The average molecular weight is 449 g/mol. The van der Waals surface area contributed by atoms with Crippen LogP contribution in [-0.2, 0) is 21.4 Å². The maximum atomic E-state index is 12.6. The fourth-order valence-corrected chi connectivity index (χ4v) is 4.15. The highest BCUT2D eigenvalue weighted by molar-refractivity contribution is 7.92. The molecule has 0 aliphatic carbocycles. The number of sulfonamides is 1. The lowest BCUT2D eigenvalue weighted by atomic mass is 10.1. The summed E-state index contributed by atoms with van der Waals surface area (Å²) in [5.41, 5.74) is 2.24. The van der Waals surface area contributed by atoms with Crippen LogP contribution in [0.25, 0.3) is 11.4 Å². The summed E-state index contributed by atoms with van der Waals surface area (Å²) in [5, 5.41) is 7.01. The predicted molar refractivity (Wildman–Crippen MR) is 115 cm³/mol. The molecule has 0 spiro atoms.